The molecule has 1 atom stereocenters. The molecule has 8 nitrogen and oxygen atoms in total. The summed E-state index contributed by atoms with van der Waals surface area (Å²) in [5, 5.41) is 7.01. The number of likely N-dealkylation sites (tertiary alicyclic amines) is 1. The average molecular weight is 467 g/mol. The molecular formula is C27H26N6O2. The van der Waals surface area contributed by atoms with Crippen molar-refractivity contribution in [2.45, 2.75) is 32.4 Å². The molecule has 1 N–H and O–H groups in total. The van der Waals surface area contributed by atoms with Crippen molar-refractivity contribution in [1.82, 2.24) is 24.6 Å². The highest BCUT2D eigenvalue weighted by Gasteiger charge is 2.32. The largest absolute Gasteiger partial charge is 0.330 e. The number of rotatable bonds is 6. The number of nitrogens with one attached hydrogen (secondary N) is 1. The van der Waals surface area contributed by atoms with E-state index in [2.05, 4.69) is 20.4 Å². The number of aromatic nitrogens is 4. The lowest BCUT2D eigenvalue weighted by molar-refractivity contribution is 0.0733. The minimum absolute atomic E-state index is 0.0290. The average Bonchev–Trinajstić information content (AvgIpc) is 3.58. The van der Waals surface area contributed by atoms with Gasteiger partial charge in [-0.25, -0.2) is 9.97 Å². The van der Waals surface area contributed by atoms with Crippen LogP contribution in [-0.2, 0) is 6.54 Å². The number of benzene rings is 1. The van der Waals surface area contributed by atoms with Crippen LogP contribution in [0.5, 0.6) is 0 Å². The predicted molar refractivity (Wildman–Crippen MR) is 132 cm³/mol. The van der Waals surface area contributed by atoms with Gasteiger partial charge in [0, 0.05) is 30.7 Å². The Hall–Kier alpha value is -4.33. The van der Waals surface area contributed by atoms with Gasteiger partial charge in [0.1, 0.15) is 11.5 Å². The molecule has 5 rings (SSSR count). The first-order valence-corrected chi connectivity index (χ1v) is 11.6. The molecule has 4 heterocycles. The molecule has 1 aliphatic rings. The van der Waals surface area contributed by atoms with Crippen LogP contribution in [0.4, 0.5) is 5.82 Å². The molecule has 1 fully saturated rings. The first-order chi connectivity index (χ1) is 17.1. The molecule has 35 heavy (non-hydrogen) atoms. The second-order valence-electron chi connectivity index (χ2n) is 8.68. The lowest BCUT2D eigenvalue weighted by Crippen LogP contribution is -2.31. The number of amides is 2. The highest BCUT2D eigenvalue weighted by molar-refractivity contribution is 6.02. The molecule has 0 bridgehead atoms. The van der Waals surface area contributed by atoms with E-state index >= 15 is 0 Å². The lowest BCUT2D eigenvalue weighted by Gasteiger charge is -2.25. The molecule has 0 radical (unpaired) electrons. The third-order valence-electron chi connectivity index (χ3n) is 6.12. The van der Waals surface area contributed by atoms with Gasteiger partial charge in [0.15, 0.2) is 0 Å². The Kier molecular flexibility index (Phi) is 6.34. The number of carbonyl (C=O) groups is 2. The van der Waals surface area contributed by atoms with Crippen molar-refractivity contribution in [3.8, 4) is 0 Å². The van der Waals surface area contributed by atoms with E-state index in [4.69, 9.17) is 0 Å². The third-order valence-corrected chi connectivity index (χ3v) is 6.12. The maximum atomic E-state index is 13.3. The fourth-order valence-electron chi connectivity index (χ4n) is 4.30. The zero-order valence-electron chi connectivity index (χ0n) is 19.5. The van der Waals surface area contributed by atoms with Gasteiger partial charge in [-0.05, 0) is 67.3 Å². The van der Waals surface area contributed by atoms with E-state index in [9.17, 15) is 9.59 Å². The minimum Gasteiger partial charge on any atom is -0.330 e. The Balaban J connectivity index is 1.29. The van der Waals surface area contributed by atoms with Gasteiger partial charge < -0.3 is 10.2 Å². The second kappa shape index (κ2) is 9.89. The molecule has 0 aliphatic carbocycles. The van der Waals surface area contributed by atoms with Gasteiger partial charge in [-0.15, -0.1) is 0 Å². The minimum atomic E-state index is -0.327. The molecular weight excluding hydrogens is 440 g/mol. The van der Waals surface area contributed by atoms with Gasteiger partial charge in [-0.2, -0.15) is 5.10 Å². The standard InChI is InChI=1S/C27H26N6O2/c1-19-8-13-25(28-17-19)31-26(34)23-6-2-5-22(30-23)24-7-3-16-33(24)27(35)21-11-9-20(10-12-21)18-32-15-4-14-29-32/h2,4-6,8-15,17,24H,3,7,16,18H2,1H3,(H,28,31,34). The first-order valence-electron chi connectivity index (χ1n) is 11.6. The van der Waals surface area contributed by atoms with Crippen LogP contribution in [0, 0.1) is 6.92 Å². The van der Waals surface area contributed by atoms with Crippen LogP contribution in [0.2, 0.25) is 0 Å². The quantitative estimate of drug-likeness (QED) is 0.458. The summed E-state index contributed by atoms with van der Waals surface area (Å²) in [7, 11) is 0. The second-order valence-corrected chi connectivity index (χ2v) is 8.68. The summed E-state index contributed by atoms with van der Waals surface area (Å²) in [5.41, 5.74) is 3.75. The van der Waals surface area contributed by atoms with Crippen LogP contribution < -0.4 is 5.32 Å². The maximum absolute atomic E-state index is 13.3. The van der Waals surface area contributed by atoms with Gasteiger partial charge in [0.25, 0.3) is 11.8 Å². The van der Waals surface area contributed by atoms with Gasteiger partial charge >= 0.3 is 0 Å². The van der Waals surface area contributed by atoms with Gasteiger partial charge in [-0.1, -0.05) is 24.3 Å². The predicted octanol–water partition coefficient (Wildman–Crippen LogP) is 4.26. The zero-order valence-corrected chi connectivity index (χ0v) is 19.5. The highest BCUT2D eigenvalue weighted by atomic mass is 16.2. The molecule has 1 unspecified atom stereocenters. The van der Waals surface area contributed by atoms with Crippen molar-refractivity contribution >= 4 is 17.6 Å². The summed E-state index contributed by atoms with van der Waals surface area (Å²) in [6, 6.07) is 18.4. The summed E-state index contributed by atoms with van der Waals surface area (Å²) >= 11 is 0. The molecule has 1 saturated heterocycles. The van der Waals surface area contributed by atoms with Crippen LogP contribution in [0.3, 0.4) is 0 Å². The van der Waals surface area contributed by atoms with Gasteiger partial charge in [-0.3, -0.25) is 14.3 Å². The SMILES string of the molecule is Cc1ccc(NC(=O)c2cccc(C3CCCN3C(=O)c3ccc(Cn4cccn4)cc3)n2)nc1. The highest BCUT2D eigenvalue weighted by Crippen LogP contribution is 2.32. The van der Waals surface area contributed by atoms with Crippen molar-refractivity contribution in [2.24, 2.45) is 0 Å². The Morgan fingerprint density at radius 3 is 2.66 bits per heavy atom. The number of hydrogen-bond donors (Lipinski definition) is 1. The summed E-state index contributed by atoms with van der Waals surface area (Å²) in [5.74, 6) is 0.118. The van der Waals surface area contributed by atoms with Gasteiger partial charge in [0.2, 0.25) is 0 Å². The van der Waals surface area contributed by atoms with E-state index in [1.807, 2.05) is 71.2 Å². The third kappa shape index (κ3) is 5.11. The van der Waals surface area contributed by atoms with Crippen molar-refractivity contribution < 1.29 is 9.59 Å². The zero-order chi connectivity index (χ0) is 24.2. The monoisotopic (exact) mass is 466 g/mol. The summed E-state index contributed by atoms with van der Waals surface area (Å²) in [6.45, 7) is 3.25. The van der Waals surface area contributed by atoms with Crippen molar-refractivity contribution in [1.29, 1.82) is 0 Å². The molecule has 4 aromatic rings. The van der Waals surface area contributed by atoms with E-state index in [0.29, 0.717) is 30.2 Å². The molecule has 1 aromatic carbocycles. The number of anilines is 1. The van der Waals surface area contributed by atoms with Crippen LogP contribution in [0.25, 0.3) is 0 Å². The Labute approximate surface area is 203 Å². The number of aryl methyl sites for hydroxylation is 1. The molecule has 2 amide bonds. The van der Waals surface area contributed by atoms with E-state index in [-0.39, 0.29) is 17.9 Å². The smallest absolute Gasteiger partial charge is 0.275 e. The Morgan fingerprint density at radius 2 is 1.91 bits per heavy atom. The fraction of sp³-hybridized carbons (Fsp3) is 0.222. The number of pyridine rings is 2. The van der Waals surface area contributed by atoms with E-state index in [0.717, 1.165) is 29.7 Å². The van der Waals surface area contributed by atoms with Gasteiger partial charge in [0.05, 0.1) is 18.3 Å². The normalized spacial score (nSPS) is 15.2. The maximum Gasteiger partial charge on any atom is 0.275 e. The van der Waals surface area contributed by atoms with E-state index < -0.39 is 0 Å². The first kappa shape index (κ1) is 22.5. The van der Waals surface area contributed by atoms with Crippen molar-refractivity contribution in [3.05, 3.63) is 107 Å². The van der Waals surface area contributed by atoms with Crippen LogP contribution >= 0.6 is 0 Å². The summed E-state index contributed by atoms with van der Waals surface area (Å²) in [6.07, 6.45) is 7.05. The van der Waals surface area contributed by atoms with Crippen LogP contribution in [-0.4, -0.2) is 43.0 Å². The Morgan fingerprint density at radius 1 is 1.06 bits per heavy atom. The lowest BCUT2D eigenvalue weighted by atomic mass is 10.1. The van der Waals surface area contributed by atoms with Crippen molar-refractivity contribution in [2.75, 3.05) is 11.9 Å². The molecule has 176 valence electrons. The molecule has 0 spiro atoms. The number of carbonyl (C=O) groups excluding carboxylic acids is 2. The van der Waals surface area contributed by atoms with Crippen LogP contribution in [0.1, 0.15) is 56.6 Å². The molecule has 1 aliphatic heterocycles. The summed E-state index contributed by atoms with van der Waals surface area (Å²) in [4.78, 5) is 36.8. The number of nitrogens with zero attached hydrogens (tertiary/aromatic N) is 5. The van der Waals surface area contributed by atoms with Crippen molar-refractivity contribution in [3.63, 3.8) is 0 Å². The van der Waals surface area contributed by atoms with E-state index in [1.165, 1.54) is 0 Å². The Bertz CT molecular complexity index is 1320. The number of hydrogen-bond acceptors (Lipinski definition) is 5. The molecule has 3 aromatic heterocycles. The molecule has 8 heteroatoms. The van der Waals surface area contributed by atoms with E-state index in [1.54, 1.807) is 24.5 Å². The molecule has 0 saturated carbocycles. The van der Waals surface area contributed by atoms with Crippen LogP contribution in [0.15, 0.2) is 79.3 Å². The fourth-order valence-corrected chi connectivity index (χ4v) is 4.30. The topological polar surface area (TPSA) is 93.0 Å². The summed E-state index contributed by atoms with van der Waals surface area (Å²) < 4.78 is 1.84.